The molecule has 6 nitrogen and oxygen atoms in total. The molecule has 0 fully saturated rings. The third-order valence-corrected chi connectivity index (χ3v) is 4.77. The third kappa shape index (κ3) is 12.4. The average Bonchev–Trinajstić information content (AvgIpc) is 2.68. The molecule has 1 aromatic carbocycles. The van der Waals surface area contributed by atoms with Gasteiger partial charge in [-0.3, -0.25) is 4.79 Å². The molecular weight excluding hydrogens is 418 g/mol. The summed E-state index contributed by atoms with van der Waals surface area (Å²) in [6.07, 6.45) is 7.31. The molecule has 0 aliphatic heterocycles. The molecule has 0 amide bonds. The van der Waals surface area contributed by atoms with Crippen LogP contribution in [0.4, 0.5) is 0 Å². The van der Waals surface area contributed by atoms with Gasteiger partial charge in [-0.2, -0.15) is 0 Å². The van der Waals surface area contributed by atoms with E-state index < -0.39 is 29.7 Å². The van der Waals surface area contributed by atoms with Crippen LogP contribution in [-0.2, 0) is 25.7 Å². The first kappa shape index (κ1) is 28.6. The topological polar surface area (TPSA) is 98.9 Å². The van der Waals surface area contributed by atoms with Gasteiger partial charge < -0.3 is 20.3 Å². The van der Waals surface area contributed by atoms with Crippen molar-refractivity contribution in [2.45, 2.75) is 85.7 Å². The van der Waals surface area contributed by atoms with E-state index in [1.807, 2.05) is 64.1 Å². The van der Waals surface area contributed by atoms with Gasteiger partial charge in [0.1, 0.15) is 17.7 Å². The van der Waals surface area contributed by atoms with Gasteiger partial charge in [-0.15, -0.1) is 0 Å². The lowest BCUT2D eigenvalue weighted by Gasteiger charge is -2.26. The van der Waals surface area contributed by atoms with Crippen LogP contribution in [0.2, 0.25) is 0 Å². The fraction of sp³-hybridized carbons (Fsp3) is 0.556. The number of carbonyl (C=O) groups is 2. The van der Waals surface area contributed by atoms with E-state index >= 15 is 0 Å². The lowest BCUT2D eigenvalue weighted by atomic mass is 9.88. The van der Waals surface area contributed by atoms with Crippen molar-refractivity contribution >= 4 is 18.0 Å². The molecule has 0 aromatic heterocycles. The Balaban J connectivity index is 2.93. The van der Waals surface area contributed by atoms with Crippen molar-refractivity contribution in [3.63, 3.8) is 0 Å². The van der Waals surface area contributed by atoms with Crippen molar-refractivity contribution in [1.29, 1.82) is 0 Å². The summed E-state index contributed by atoms with van der Waals surface area (Å²) in [6, 6.07) is 6.83. The van der Waals surface area contributed by atoms with E-state index in [1.165, 1.54) is 6.08 Å². The maximum atomic E-state index is 12.7. The number of esters is 2. The second kappa shape index (κ2) is 12.7. The van der Waals surface area contributed by atoms with Gasteiger partial charge in [0.2, 0.25) is 0 Å². The van der Waals surface area contributed by atoms with E-state index in [0.29, 0.717) is 12.8 Å². The van der Waals surface area contributed by atoms with Gasteiger partial charge in [-0.05, 0) is 43.7 Å². The van der Waals surface area contributed by atoms with E-state index in [0.717, 1.165) is 11.1 Å². The molecule has 184 valence electrons. The summed E-state index contributed by atoms with van der Waals surface area (Å²) in [5, 5.41) is 9.19. The quantitative estimate of drug-likeness (QED) is 0.385. The summed E-state index contributed by atoms with van der Waals surface area (Å²) < 4.78 is 11.1. The van der Waals surface area contributed by atoms with Gasteiger partial charge in [0.25, 0.3) is 0 Å². The minimum atomic E-state index is -0.718. The monoisotopic (exact) mass is 459 g/mol. The highest BCUT2D eigenvalue weighted by atomic mass is 16.6. The zero-order chi connectivity index (χ0) is 25.2. The summed E-state index contributed by atoms with van der Waals surface area (Å²) in [6.45, 7) is 13.4. The maximum absolute atomic E-state index is 12.7. The molecule has 0 heterocycles. The Labute approximate surface area is 198 Å². The summed E-state index contributed by atoms with van der Waals surface area (Å²) in [7, 11) is 0. The number of ether oxygens (including phenoxy) is 2. The fourth-order valence-electron chi connectivity index (χ4n) is 3.10. The first-order valence-corrected chi connectivity index (χ1v) is 11.4. The average molecular weight is 460 g/mol. The first-order valence-electron chi connectivity index (χ1n) is 11.4. The molecule has 0 aliphatic carbocycles. The van der Waals surface area contributed by atoms with E-state index in [2.05, 4.69) is 0 Å². The molecule has 0 saturated heterocycles. The number of aliphatic hydroxyl groups is 1. The Morgan fingerprint density at radius 3 is 2.21 bits per heavy atom. The van der Waals surface area contributed by atoms with Crippen LogP contribution < -0.4 is 5.73 Å². The largest absolute Gasteiger partial charge is 0.460 e. The summed E-state index contributed by atoms with van der Waals surface area (Å²) in [4.78, 5) is 24.6. The van der Waals surface area contributed by atoms with Crippen LogP contribution in [0, 0.1) is 11.3 Å². The van der Waals surface area contributed by atoms with Crippen LogP contribution in [0.15, 0.2) is 42.5 Å². The lowest BCUT2D eigenvalue weighted by Crippen LogP contribution is -2.39. The van der Waals surface area contributed by atoms with E-state index in [-0.39, 0.29) is 17.9 Å². The van der Waals surface area contributed by atoms with Crippen molar-refractivity contribution in [2.75, 3.05) is 0 Å². The standard InChI is InChI=1S/C27H41NO5/c1-19(11-12-20-13-15-21(18-29)16-14-20)23(9-8-10-24(30)33-27(5,6)7)32-25(31)22(28)17-26(2,3)4/h8,10-16,19,22-23,29H,9,17-18,28H2,1-7H3/b10-8+,12-11+. The smallest absolute Gasteiger partial charge is 0.330 e. The van der Waals surface area contributed by atoms with E-state index in [1.54, 1.807) is 26.8 Å². The third-order valence-electron chi connectivity index (χ3n) is 4.77. The van der Waals surface area contributed by atoms with Crippen molar-refractivity contribution in [2.24, 2.45) is 17.1 Å². The molecule has 3 N–H and O–H groups in total. The molecule has 0 aliphatic rings. The lowest BCUT2D eigenvalue weighted by molar-refractivity contribution is -0.153. The molecule has 1 rings (SSSR count). The van der Waals surface area contributed by atoms with Crippen molar-refractivity contribution in [1.82, 2.24) is 0 Å². The SMILES string of the molecule is CC(/C=C/c1ccc(CO)cc1)C(C/C=C/C(=O)OC(C)(C)C)OC(=O)C(N)CC(C)(C)C. The van der Waals surface area contributed by atoms with Crippen molar-refractivity contribution in [3.05, 3.63) is 53.6 Å². The van der Waals surface area contributed by atoms with Gasteiger partial charge >= 0.3 is 11.9 Å². The maximum Gasteiger partial charge on any atom is 0.330 e. The minimum Gasteiger partial charge on any atom is -0.460 e. The number of rotatable bonds is 10. The van der Waals surface area contributed by atoms with Crippen LogP contribution in [0.5, 0.6) is 0 Å². The van der Waals surface area contributed by atoms with Gasteiger partial charge in [0.15, 0.2) is 0 Å². The molecule has 0 bridgehead atoms. The number of nitrogens with two attached hydrogens (primary N) is 1. The van der Waals surface area contributed by atoms with Crippen LogP contribution in [-0.4, -0.2) is 34.8 Å². The van der Waals surface area contributed by atoms with Crippen LogP contribution >= 0.6 is 0 Å². The Morgan fingerprint density at radius 1 is 1.09 bits per heavy atom. The van der Waals surface area contributed by atoms with Gasteiger partial charge in [0.05, 0.1) is 6.61 Å². The minimum absolute atomic E-state index is 0.00275. The molecule has 6 heteroatoms. The fourth-order valence-corrected chi connectivity index (χ4v) is 3.10. The normalized spacial score (nSPS) is 15.4. The Hall–Kier alpha value is -2.44. The first-order chi connectivity index (χ1) is 15.2. The Kier molecular flexibility index (Phi) is 11.0. The second-order valence-electron chi connectivity index (χ2n) is 10.6. The number of aliphatic hydroxyl groups excluding tert-OH is 1. The van der Waals surface area contributed by atoms with E-state index in [9.17, 15) is 14.7 Å². The molecule has 1 aromatic rings. The molecule has 0 saturated carbocycles. The van der Waals surface area contributed by atoms with Crippen molar-refractivity contribution < 1.29 is 24.2 Å². The zero-order valence-corrected chi connectivity index (χ0v) is 21.1. The molecular formula is C27H41NO5. The summed E-state index contributed by atoms with van der Waals surface area (Å²) in [5.41, 5.74) is 7.22. The summed E-state index contributed by atoms with van der Waals surface area (Å²) >= 11 is 0. The number of hydrogen-bond donors (Lipinski definition) is 2. The van der Waals surface area contributed by atoms with Crippen LogP contribution in [0.1, 0.15) is 72.4 Å². The summed E-state index contributed by atoms with van der Waals surface area (Å²) in [5.74, 6) is -1.02. The number of carbonyl (C=O) groups excluding carboxylic acids is 2. The number of benzene rings is 1. The number of hydrogen-bond acceptors (Lipinski definition) is 6. The predicted octanol–water partition coefficient (Wildman–Crippen LogP) is 4.79. The molecule has 0 spiro atoms. The van der Waals surface area contributed by atoms with Crippen LogP contribution in [0.25, 0.3) is 6.08 Å². The van der Waals surface area contributed by atoms with Gasteiger partial charge in [-0.25, -0.2) is 4.79 Å². The van der Waals surface area contributed by atoms with Crippen LogP contribution in [0.3, 0.4) is 0 Å². The highest BCUT2D eigenvalue weighted by Crippen LogP contribution is 2.22. The van der Waals surface area contributed by atoms with E-state index in [4.69, 9.17) is 15.2 Å². The van der Waals surface area contributed by atoms with Crippen molar-refractivity contribution in [3.8, 4) is 0 Å². The Morgan fingerprint density at radius 2 is 1.70 bits per heavy atom. The Bertz CT molecular complexity index is 812. The molecule has 3 atom stereocenters. The molecule has 3 unspecified atom stereocenters. The van der Waals surface area contributed by atoms with Gasteiger partial charge in [0, 0.05) is 18.4 Å². The predicted molar refractivity (Wildman–Crippen MR) is 132 cm³/mol. The molecule has 33 heavy (non-hydrogen) atoms. The second-order valence-corrected chi connectivity index (χ2v) is 10.6. The highest BCUT2D eigenvalue weighted by molar-refractivity contribution is 5.82. The molecule has 0 radical (unpaired) electrons. The van der Waals surface area contributed by atoms with Gasteiger partial charge in [-0.1, -0.05) is 70.2 Å². The highest BCUT2D eigenvalue weighted by Gasteiger charge is 2.26. The zero-order valence-electron chi connectivity index (χ0n) is 21.1.